The first-order valence-electron chi connectivity index (χ1n) is 3.22. The van der Waals surface area contributed by atoms with Crippen LogP contribution in [0.1, 0.15) is 0 Å². The first kappa shape index (κ1) is 8.08. The fraction of sp³-hybridized carbons (Fsp3) is 0.143. The maximum absolute atomic E-state index is 13.0. The van der Waals surface area contributed by atoms with Crippen molar-refractivity contribution in [1.29, 1.82) is 0 Å². The molecule has 0 amide bonds. The lowest BCUT2D eigenvalue weighted by Gasteiger charge is -2.03. The summed E-state index contributed by atoms with van der Waals surface area (Å²) in [5, 5.41) is 8.64. The van der Waals surface area contributed by atoms with Gasteiger partial charge in [0.05, 0.1) is 7.11 Å². The topological polar surface area (TPSA) is 29.5 Å². The predicted molar refractivity (Wildman–Crippen MR) is 42.0 cm³/mol. The molecular formula is C7H8BFO2. The smallest absolute Gasteiger partial charge is 0.307 e. The molecule has 11 heavy (non-hydrogen) atoms. The van der Waals surface area contributed by atoms with Crippen molar-refractivity contribution < 1.29 is 14.2 Å². The van der Waals surface area contributed by atoms with E-state index in [0.717, 1.165) is 0 Å². The van der Waals surface area contributed by atoms with E-state index in [1.807, 2.05) is 0 Å². The monoisotopic (exact) mass is 154 g/mol. The van der Waals surface area contributed by atoms with E-state index in [4.69, 9.17) is 9.76 Å². The van der Waals surface area contributed by atoms with E-state index in [9.17, 15) is 4.39 Å². The molecule has 1 N–H and O–H groups in total. The molecule has 0 aliphatic carbocycles. The Bertz CT molecular complexity index is 230. The van der Waals surface area contributed by atoms with Crippen LogP contribution in [0.4, 0.5) is 4.39 Å². The number of rotatable bonds is 2. The molecule has 0 radical (unpaired) electrons. The Morgan fingerprint density at radius 3 is 2.82 bits per heavy atom. The molecule has 0 aliphatic heterocycles. The van der Waals surface area contributed by atoms with E-state index in [1.165, 1.54) is 19.2 Å². The summed E-state index contributed by atoms with van der Waals surface area (Å²) < 4.78 is 17.7. The van der Waals surface area contributed by atoms with Gasteiger partial charge >= 0.3 is 7.48 Å². The van der Waals surface area contributed by atoms with Gasteiger partial charge in [0.15, 0.2) is 11.6 Å². The van der Waals surface area contributed by atoms with Gasteiger partial charge in [-0.15, -0.1) is 0 Å². The summed E-state index contributed by atoms with van der Waals surface area (Å²) in [6.45, 7) is 0. The van der Waals surface area contributed by atoms with E-state index in [-0.39, 0.29) is 18.7 Å². The highest BCUT2D eigenvalue weighted by molar-refractivity contribution is 6.45. The number of hydrogen-bond acceptors (Lipinski definition) is 2. The molecule has 1 rings (SSSR count). The zero-order valence-corrected chi connectivity index (χ0v) is 6.17. The standard InChI is InChI=1S/C7H8BFO2/c1-11-6-4-2-3-5(8-10)7(6)9/h2-4,8,10H,1H3. The van der Waals surface area contributed by atoms with Crippen LogP contribution in [0.15, 0.2) is 18.2 Å². The summed E-state index contributed by atoms with van der Waals surface area (Å²) in [6, 6.07) is 4.65. The Hall–Kier alpha value is -1.03. The fourth-order valence-corrected chi connectivity index (χ4v) is 0.836. The van der Waals surface area contributed by atoms with Crippen LogP contribution in [0.25, 0.3) is 0 Å². The zero-order chi connectivity index (χ0) is 8.27. The number of halogens is 1. The van der Waals surface area contributed by atoms with Gasteiger partial charge in [-0.2, -0.15) is 0 Å². The molecule has 4 heteroatoms. The lowest BCUT2D eigenvalue weighted by Crippen LogP contribution is -2.18. The van der Waals surface area contributed by atoms with Crippen LogP contribution in [0, 0.1) is 5.82 Å². The third-order valence-corrected chi connectivity index (χ3v) is 1.43. The number of benzene rings is 1. The molecule has 2 nitrogen and oxygen atoms in total. The van der Waals surface area contributed by atoms with E-state index >= 15 is 0 Å². The van der Waals surface area contributed by atoms with Gasteiger partial charge in [-0.05, 0) is 11.5 Å². The van der Waals surface area contributed by atoms with Crippen molar-refractivity contribution in [3.05, 3.63) is 24.0 Å². The molecule has 1 aromatic rings. The predicted octanol–water partition coefficient (Wildman–Crippen LogP) is -0.197. The third kappa shape index (κ3) is 1.52. The normalized spacial score (nSPS) is 9.36. The van der Waals surface area contributed by atoms with Crippen molar-refractivity contribution in [3.8, 4) is 5.75 Å². The van der Waals surface area contributed by atoms with Crippen molar-refractivity contribution in [2.75, 3.05) is 7.11 Å². The highest BCUT2D eigenvalue weighted by atomic mass is 19.1. The molecule has 0 saturated carbocycles. The van der Waals surface area contributed by atoms with Crippen LogP contribution in [-0.4, -0.2) is 19.6 Å². The Morgan fingerprint density at radius 1 is 1.55 bits per heavy atom. The minimum Gasteiger partial charge on any atom is -0.494 e. The minimum atomic E-state index is -0.488. The largest absolute Gasteiger partial charge is 0.494 e. The lowest BCUT2D eigenvalue weighted by atomic mass is 9.88. The average molecular weight is 154 g/mol. The maximum Gasteiger partial charge on any atom is 0.307 e. The van der Waals surface area contributed by atoms with Gasteiger partial charge in [-0.25, -0.2) is 4.39 Å². The van der Waals surface area contributed by atoms with Crippen LogP contribution in [0.3, 0.4) is 0 Å². The fourth-order valence-electron chi connectivity index (χ4n) is 0.836. The third-order valence-electron chi connectivity index (χ3n) is 1.43. The summed E-state index contributed by atoms with van der Waals surface area (Å²) in [5.74, 6) is -0.325. The molecule has 0 unspecified atom stereocenters. The summed E-state index contributed by atoms with van der Waals surface area (Å²) in [6.07, 6.45) is 0. The first-order valence-corrected chi connectivity index (χ1v) is 3.22. The number of methoxy groups -OCH3 is 1. The van der Waals surface area contributed by atoms with Crippen molar-refractivity contribution in [2.24, 2.45) is 0 Å². The number of hydrogen-bond donors (Lipinski definition) is 1. The van der Waals surface area contributed by atoms with E-state index in [1.54, 1.807) is 6.07 Å². The van der Waals surface area contributed by atoms with E-state index in [0.29, 0.717) is 0 Å². The van der Waals surface area contributed by atoms with Crippen molar-refractivity contribution in [3.63, 3.8) is 0 Å². The van der Waals surface area contributed by atoms with Crippen LogP contribution >= 0.6 is 0 Å². The Morgan fingerprint density at radius 2 is 2.27 bits per heavy atom. The van der Waals surface area contributed by atoms with Gasteiger partial charge in [0, 0.05) is 0 Å². The Labute approximate surface area is 64.9 Å². The van der Waals surface area contributed by atoms with E-state index < -0.39 is 5.82 Å². The molecule has 58 valence electrons. The Kier molecular flexibility index (Phi) is 2.49. The molecule has 0 aliphatic rings. The van der Waals surface area contributed by atoms with Crippen molar-refractivity contribution >= 4 is 12.9 Å². The summed E-state index contributed by atoms with van der Waals surface area (Å²) in [7, 11) is 1.09. The first-order chi connectivity index (χ1) is 5.29. The van der Waals surface area contributed by atoms with Crippen LogP contribution in [0.2, 0.25) is 0 Å². The van der Waals surface area contributed by atoms with Gasteiger partial charge in [0.2, 0.25) is 0 Å². The van der Waals surface area contributed by atoms with Crippen LogP contribution in [0.5, 0.6) is 5.75 Å². The zero-order valence-electron chi connectivity index (χ0n) is 6.17. The molecule has 0 spiro atoms. The molecule has 1 aromatic carbocycles. The summed E-state index contributed by atoms with van der Waals surface area (Å²) in [5.41, 5.74) is 0.254. The average Bonchev–Trinajstić information content (AvgIpc) is 2.05. The highest BCUT2D eigenvalue weighted by Crippen LogP contribution is 2.12. The quantitative estimate of drug-likeness (QED) is 0.598. The van der Waals surface area contributed by atoms with Crippen LogP contribution < -0.4 is 10.2 Å². The summed E-state index contributed by atoms with van der Waals surface area (Å²) >= 11 is 0. The van der Waals surface area contributed by atoms with Crippen molar-refractivity contribution in [2.45, 2.75) is 0 Å². The van der Waals surface area contributed by atoms with Crippen molar-refractivity contribution in [1.82, 2.24) is 0 Å². The molecule has 0 aromatic heterocycles. The van der Waals surface area contributed by atoms with Gasteiger partial charge in [0.25, 0.3) is 0 Å². The van der Waals surface area contributed by atoms with Gasteiger partial charge < -0.3 is 9.76 Å². The minimum absolute atomic E-state index is 0.163. The second-order valence-electron chi connectivity index (χ2n) is 2.09. The van der Waals surface area contributed by atoms with Crippen LogP contribution in [-0.2, 0) is 0 Å². The molecule has 0 heterocycles. The second kappa shape index (κ2) is 3.39. The second-order valence-corrected chi connectivity index (χ2v) is 2.09. The van der Waals surface area contributed by atoms with Gasteiger partial charge in [-0.1, -0.05) is 12.1 Å². The maximum atomic E-state index is 13.0. The summed E-state index contributed by atoms with van der Waals surface area (Å²) in [4.78, 5) is 0. The lowest BCUT2D eigenvalue weighted by molar-refractivity contribution is 0.388. The van der Waals surface area contributed by atoms with Gasteiger partial charge in [0.1, 0.15) is 0 Å². The molecule has 0 fully saturated rings. The Balaban J connectivity index is 3.10. The molecule has 0 bridgehead atoms. The number of ether oxygens (including phenoxy) is 1. The highest BCUT2D eigenvalue weighted by Gasteiger charge is 2.06. The molecular weight excluding hydrogens is 146 g/mol. The molecule has 0 saturated heterocycles. The van der Waals surface area contributed by atoms with E-state index in [2.05, 4.69) is 0 Å². The molecule has 0 atom stereocenters. The SMILES string of the molecule is COc1cccc(BO)c1F. The van der Waals surface area contributed by atoms with Gasteiger partial charge in [-0.3, -0.25) is 0 Å².